The summed E-state index contributed by atoms with van der Waals surface area (Å²) in [7, 11) is 5.82. The highest BCUT2D eigenvalue weighted by molar-refractivity contribution is 5.47. The minimum Gasteiger partial charge on any atom is -0.497 e. The van der Waals surface area contributed by atoms with Crippen LogP contribution >= 0.6 is 0 Å². The summed E-state index contributed by atoms with van der Waals surface area (Å²) in [6.07, 6.45) is 2.82. The second-order valence-corrected chi connectivity index (χ2v) is 6.27. The summed E-state index contributed by atoms with van der Waals surface area (Å²) in [6.45, 7) is 3.60. The Morgan fingerprint density at radius 1 is 1.25 bits per heavy atom. The van der Waals surface area contributed by atoms with E-state index in [1.165, 1.54) is 11.1 Å². The van der Waals surface area contributed by atoms with Crippen molar-refractivity contribution >= 4 is 11.8 Å². The van der Waals surface area contributed by atoms with Gasteiger partial charge in [0.1, 0.15) is 11.6 Å². The van der Waals surface area contributed by atoms with Crippen LogP contribution in [0.25, 0.3) is 0 Å². The molecule has 1 aromatic carbocycles. The fourth-order valence-electron chi connectivity index (χ4n) is 2.85. The lowest BCUT2D eigenvalue weighted by Crippen LogP contribution is -2.31. The minimum atomic E-state index is 0.690. The molecule has 0 saturated heterocycles. The Morgan fingerprint density at radius 2 is 2.12 bits per heavy atom. The van der Waals surface area contributed by atoms with E-state index in [-0.39, 0.29) is 0 Å². The molecule has 0 bridgehead atoms. The van der Waals surface area contributed by atoms with Gasteiger partial charge in [-0.3, -0.25) is 0 Å². The Labute approximate surface area is 143 Å². The largest absolute Gasteiger partial charge is 0.497 e. The molecule has 0 aliphatic carbocycles. The predicted molar refractivity (Wildman–Crippen MR) is 96.8 cm³/mol. The lowest BCUT2D eigenvalue weighted by molar-refractivity contribution is 0.413. The van der Waals surface area contributed by atoms with Gasteiger partial charge in [0.25, 0.3) is 0 Å². The monoisotopic (exact) mass is 327 g/mol. The van der Waals surface area contributed by atoms with Gasteiger partial charge in [0.05, 0.1) is 7.11 Å². The number of anilines is 2. The van der Waals surface area contributed by atoms with Crippen LogP contribution in [-0.2, 0) is 13.0 Å². The molecule has 0 radical (unpaired) electrons. The highest BCUT2D eigenvalue weighted by atomic mass is 16.5. The summed E-state index contributed by atoms with van der Waals surface area (Å²) in [5.41, 5.74) is 2.70. The van der Waals surface area contributed by atoms with Crippen molar-refractivity contribution in [3.8, 4) is 5.75 Å². The van der Waals surface area contributed by atoms with Crippen LogP contribution in [0.3, 0.4) is 0 Å². The Bertz CT molecular complexity index is 689. The number of benzene rings is 1. The van der Waals surface area contributed by atoms with Gasteiger partial charge in [-0.25, -0.2) is 4.98 Å². The number of nitrogens with zero attached hydrogens (tertiary/aromatic N) is 4. The van der Waals surface area contributed by atoms with Gasteiger partial charge < -0.3 is 19.9 Å². The molecular formula is C18H25N5O. The molecule has 2 aromatic rings. The van der Waals surface area contributed by atoms with Crippen LogP contribution in [0, 0.1) is 0 Å². The van der Waals surface area contributed by atoms with Crippen molar-refractivity contribution in [2.45, 2.75) is 13.0 Å². The van der Waals surface area contributed by atoms with E-state index in [4.69, 9.17) is 4.74 Å². The second-order valence-electron chi connectivity index (χ2n) is 6.27. The van der Waals surface area contributed by atoms with Crippen molar-refractivity contribution in [1.29, 1.82) is 0 Å². The van der Waals surface area contributed by atoms with Crippen LogP contribution in [0.2, 0.25) is 0 Å². The first-order valence-corrected chi connectivity index (χ1v) is 8.28. The van der Waals surface area contributed by atoms with Crippen LogP contribution in [0.1, 0.15) is 11.1 Å². The lowest BCUT2D eigenvalue weighted by Gasteiger charge is -2.30. The average Bonchev–Trinajstić information content (AvgIpc) is 2.60. The molecule has 3 rings (SSSR count). The molecule has 1 aliphatic rings. The Morgan fingerprint density at radius 3 is 2.92 bits per heavy atom. The van der Waals surface area contributed by atoms with Gasteiger partial charge in [0.2, 0.25) is 5.95 Å². The van der Waals surface area contributed by atoms with Crippen molar-refractivity contribution in [3.05, 3.63) is 41.6 Å². The third-order valence-corrected chi connectivity index (χ3v) is 4.23. The topological polar surface area (TPSA) is 53.5 Å². The molecule has 0 fully saturated rings. The third kappa shape index (κ3) is 3.94. The first-order chi connectivity index (χ1) is 11.7. The maximum Gasteiger partial charge on any atom is 0.224 e. The molecule has 1 aromatic heterocycles. The van der Waals surface area contributed by atoms with Crippen LogP contribution in [0.5, 0.6) is 5.75 Å². The zero-order chi connectivity index (χ0) is 16.9. The third-order valence-electron chi connectivity index (χ3n) is 4.23. The molecule has 1 aliphatic heterocycles. The van der Waals surface area contributed by atoms with Crippen molar-refractivity contribution in [2.75, 3.05) is 51.1 Å². The number of hydrogen-bond donors (Lipinski definition) is 1. The van der Waals surface area contributed by atoms with E-state index in [0.29, 0.717) is 5.95 Å². The zero-order valence-electron chi connectivity index (χ0n) is 14.6. The van der Waals surface area contributed by atoms with E-state index in [0.717, 1.165) is 44.2 Å². The van der Waals surface area contributed by atoms with Gasteiger partial charge in [-0.15, -0.1) is 0 Å². The zero-order valence-corrected chi connectivity index (χ0v) is 14.6. The highest BCUT2D eigenvalue weighted by Crippen LogP contribution is 2.26. The molecule has 0 atom stereocenters. The molecule has 6 heteroatoms. The van der Waals surface area contributed by atoms with Gasteiger partial charge in [0.15, 0.2) is 0 Å². The van der Waals surface area contributed by atoms with Crippen LogP contribution < -0.4 is 15.0 Å². The van der Waals surface area contributed by atoms with Crippen molar-refractivity contribution in [3.63, 3.8) is 0 Å². The summed E-state index contributed by atoms with van der Waals surface area (Å²) in [5.74, 6) is 2.59. The Hall–Kier alpha value is -2.34. The number of hydrogen-bond acceptors (Lipinski definition) is 6. The minimum absolute atomic E-state index is 0.690. The molecule has 0 unspecified atom stereocenters. The second kappa shape index (κ2) is 7.49. The van der Waals surface area contributed by atoms with E-state index in [9.17, 15) is 0 Å². The van der Waals surface area contributed by atoms with Gasteiger partial charge >= 0.3 is 0 Å². The van der Waals surface area contributed by atoms with Gasteiger partial charge in [0, 0.05) is 32.4 Å². The molecule has 0 spiro atoms. The van der Waals surface area contributed by atoms with Gasteiger partial charge in [-0.2, -0.15) is 4.98 Å². The molecule has 0 amide bonds. The summed E-state index contributed by atoms with van der Waals surface area (Å²) in [5, 5.41) is 3.28. The molecule has 6 nitrogen and oxygen atoms in total. The first kappa shape index (κ1) is 16.5. The predicted octanol–water partition coefficient (Wildman–Crippen LogP) is 2.02. The fourth-order valence-corrected chi connectivity index (χ4v) is 2.85. The molecule has 0 saturated carbocycles. The van der Waals surface area contributed by atoms with Crippen molar-refractivity contribution < 1.29 is 4.74 Å². The van der Waals surface area contributed by atoms with Crippen LogP contribution in [0.4, 0.5) is 11.8 Å². The van der Waals surface area contributed by atoms with Gasteiger partial charge in [-0.05, 0) is 49.8 Å². The normalized spacial score (nSPS) is 13.8. The molecule has 2 heterocycles. The number of nitrogens with one attached hydrogen (secondary N) is 1. The lowest BCUT2D eigenvalue weighted by atomic mass is 9.99. The van der Waals surface area contributed by atoms with E-state index in [1.807, 2.05) is 18.3 Å². The molecule has 128 valence electrons. The molecular weight excluding hydrogens is 302 g/mol. The number of rotatable bonds is 6. The smallest absolute Gasteiger partial charge is 0.224 e. The Balaban J connectivity index is 1.68. The van der Waals surface area contributed by atoms with E-state index in [1.54, 1.807) is 7.11 Å². The fraction of sp³-hybridized carbons (Fsp3) is 0.444. The maximum atomic E-state index is 5.32. The standard InChI is InChI=1S/C18H25N5O/c1-22(2)11-9-20-18-19-8-6-17(21-18)23-10-7-14-12-16(24-3)5-4-15(14)13-23/h4-6,8,12H,7,9-11,13H2,1-3H3,(H,19,20,21). The maximum absolute atomic E-state index is 5.32. The number of methoxy groups -OCH3 is 1. The van der Waals surface area contributed by atoms with Crippen molar-refractivity contribution in [2.24, 2.45) is 0 Å². The summed E-state index contributed by atoms with van der Waals surface area (Å²) >= 11 is 0. The summed E-state index contributed by atoms with van der Waals surface area (Å²) in [4.78, 5) is 13.4. The molecule has 24 heavy (non-hydrogen) atoms. The van der Waals surface area contributed by atoms with Crippen molar-refractivity contribution in [1.82, 2.24) is 14.9 Å². The van der Waals surface area contributed by atoms with Crippen LogP contribution in [0.15, 0.2) is 30.5 Å². The summed E-state index contributed by atoms with van der Waals surface area (Å²) in [6, 6.07) is 8.29. The first-order valence-electron chi connectivity index (χ1n) is 8.28. The van der Waals surface area contributed by atoms with E-state index >= 15 is 0 Å². The number of aromatic nitrogens is 2. The summed E-state index contributed by atoms with van der Waals surface area (Å²) < 4.78 is 5.32. The average molecular weight is 327 g/mol. The van der Waals surface area contributed by atoms with E-state index < -0.39 is 0 Å². The van der Waals surface area contributed by atoms with E-state index in [2.05, 4.69) is 51.3 Å². The number of likely N-dealkylation sites (N-methyl/N-ethyl adjacent to an activating group) is 1. The SMILES string of the molecule is COc1ccc2c(c1)CCN(c1ccnc(NCCN(C)C)n1)C2. The quantitative estimate of drug-likeness (QED) is 0.876. The number of fused-ring (bicyclic) bond motifs is 1. The number of ether oxygens (including phenoxy) is 1. The highest BCUT2D eigenvalue weighted by Gasteiger charge is 2.18. The Kier molecular flexibility index (Phi) is 5.15. The van der Waals surface area contributed by atoms with Crippen LogP contribution in [-0.4, -0.2) is 55.7 Å². The molecule has 1 N–H and O–H groups in total. The van der Waals surface area contributed by atoms with Gasteiger partial charge in [-0.1, -0.05) is 6.07 Å².